The summed E-state index contributed by atoms with van der Waals surface area (Å²) < 4.78 is 28.3. The van der Waals surface area contributed by atoms with E-state index in [2.05, 4.69) is 5.32 Å². The minimum Gasteiger partial charge on any atom is -0.322 e. The van der Waals surface area contributed by atoms with Gasteiger partial charge in [0.1, 0.15) is 0 Å². The number of anilines is 2. The van der Waals surface area contributed by atoms with Crippen molar-refractivity contribution < 1.29 is 13.2 Å². The molecule has 4 aromatic rings. The minimum atomic E-state index is -3.62. The van der Waals surface area contributed by atoms with E-state index < -0.39 is 10.0 Å². The summed E-state index contributed by atoms with van der Waals surface area (Å²) in [4.78, 5) is 24.5. The first-order valence-electron chi connectivity index (χ1n) is 9.95. The maximum atomic E-state index is 12.7. The van der Waals surface area contributed by atoms with E-state index in [0.717, 1.165) is 27.8 Å². The van der Waals surface area contributed by atoms with Crippen molar-refractivity contribution in [2.45, 2.75) is 6.54 Å². The molecule has 0 unspecified atom stereocenters. The van der Waals surface area contributed by atoms with E-state index in [9.17, 15) is 18.0 Å². The highest BCUT2D eigenvalue weighted by Gasteiger charge is 2.19. The molecule has 1 amide bonds. The van der Waals surface area contributed by atoms with Crippen LogP contribution >= 0.6 is 34.5 Å². The Hall–Kier alpha value is -2.85. The van der Waals surface area contributed by atoms with Gasteiger partial charge in [-0.2, -0.15) is 0 Å². The van der Waals surface area contributed by atoms with Gasteiger partial charge in [-0.25, -0.2) is 8.42 Å². The lowest BCUT2D eigenvalue weighted by Gasteiger charge is -2.23. The second kappa shape index (κ2) is 9.42. The maximum absolute atomic E-state index is 12.7. The molecule has 0 saturated carbocycles. The zero-order chi connectivity index (χ0) is 24.6. The van der Waals surface area contributed by atoms with Crippen LogP contribution in [0.5, 0.6) is 0 Å². The Morgan fingerprint density at radius 3 is 2.29 bits per heavy atom. The number of fused-ring (bicyclic) bond motifs is 1. The number of hydrogen-bond donors (Lipinski definition) is 1. The fraction of sp³-hybridized carbons (Fsp3) is 0.130. The van der Waals surface area contributed by atoms with E-state index in [-0.39, 0.29) is 17.3 Å². The number of carbonyl (C=O) groups is 1. The Morgan fingerprint density at radius 2 is 1.68 bits per heavy atom. The summed E-state index contributed by atoms with van der Waals surface area (Å²) in [5.74, 6) is -0.323. The Labute approximate surface area is 210 Å². The summed E-state index contributed by atoms with van der Waals surface area (Å²) in [6.45, 7) is 0.0427. The zero-order valence-electron chi connectivity index (χ0n) is 18.1. The van der Waals surface area contributed by atoms with E-state index in [4.69, 9.17) is 23.2 Å². The molecule has 3 aromatic carbocycles. The van der Waals surface area contributed by atoms with E-state index in [0.29, 0.717) is 32.5 Å². The Balaban J connectivity index is 1.52. The molecule has 34 heavy (non-hydrogen) atoms. The quantitative estimate of drug-likeness (QED) is 0.370. The number of thiazole rings is 1. The van der Waals surface area contributed by atoms with Crippen LogP contribution in [-0.2, 0) is 23.6 Å². The molecule has 11 heteroatoms. The van der Waals surface area contributed by atoms with Crippen LogP contribution in [0.25, 0.3) is 10.2 Å². The third-order valence-electron chi connectivity index (χ3n) is 5.13. The van der Waals surface area contributed by atoms with Gasteiger partial charge in [-0.15, -0.1) is 0 Å². The van der Waals surface area contributed by atoms with Crippen LogP contribution < -0.4 is 14.5 Å². The van der Waals surface area contributed by atoms with Gasteiger partial charge in [0.2, 0.25) is 10.0 Å². The van der Waals surface area contributed by atoms with Gasteiger partial charge in [0.25, 0.3) is 5.91 Å². The monoisotopic (exact) mass is 535 g/mol. The zero-order valence-corrected chi connectivity index (χ0v) is 21.2. The molecular weight excluding hydrogens is 517 g/mol. The molecule has 0 aliphatic rings. The Morgan fingerprint density at radius 1 is 1.03 bits per heavy atom. The van der Waals surface area contributed by atoms with E-state index >= 15 is 0 Å². The Kier molecular flexibility index (Phi) is 6.73. The first kappa shape index (κ1) is 24.3. The highest BCUT2D eigenvalue weighted by atomic mass is 35.5. The molecule has 1 N–H and O–H groups in total. The summed E-state index contributed by atoms with van der Waals surface area (Å²) in [6, 6.07) is 16.5. The van der Waals surface area contributed by atoms with Gasteiger partial charge in [0.15, 0.2) is 0 Å². The van der Waals surface area contributed by atoms with Gasteiger partial charge in [0.05, 0.1) is 28.7 Å². The van der Waals surface area contributed by atoms with Crippen molar-refractivity contribution in [3.63, 3.8) is 0 Å². The molecule has 0 aliphatic heterocycles. The van der Waals surface area contributed by atoms with Crippen molar-refractivity contribution in [1.29, 1.82) is 0 Å². The van der Waals surface area contributed by atoms with Crippen LogP contribution in [0.3, 0.4) is 0 Å². The average molecular weight is 536 g/mol. The second-order valence-electron chi connectivity index (χ2n) is 7.66. The first-order valence-corrected chi connectivity index (χ1v) is 13.4. The number of sulfonamides is 1. The number of hydrogen-bond acceptors (Lipinski definition) is 5. The maximum Gasteiger partial charge on any atom is 0.307 e. The van der Waals surface area contributed by atoms with Crippen LogP contribution in [0.4, 0.5) is 11.4 Å². The second-order valence-corrected chi connectivity index (χ2v) is 11.4. The molecule has 7 nitrogen and oxygen atoms in total. The first-order chi connectivity index (χ1) is 16.0. The number of aryl methyl sites for hydroxylation is 1. The van der Waals surface area contributed by atoms with Gasteiger partial charge in [0, 0.05) is 28.3 Å². The molecular formula is C23H19Cl2N3O4S2. The summed E-state index contributed by atoms with van der Waals surface area (Å²) in [7, 11) is -1.92. The number of nitrogens with zero attached hydrogens (tertiary/aromatic N) is 2. The fourth-order valence-corrected chi connectivity index (χ4v) is 5.73. The number of aromatic nitrogens is 1. The molecule has 0 bridgehead atoms. The van der Waals surface area contributed by atoms with Crippen LogP contribution in [0.1, 0.15) is 15.9 Å². The molecule has 0 fully saturated rings. The summed E-state index contributed by atoms with van der Waals surface area (Å²) in [5, 5.41) is 3.47. The van der Waals surface area contributed by atoms with Gasteiger partial charge in [-0.1, -0.05) is 46.7 Å². The number of carbonyl (C=O) groups excluding carboxylic acids is 1. The van der Waals surface area contributed by atoms with Crippen molar-refractivity contribution >= 4 is 72.1 Å². The van der Waals surface area contributed by atoms with Crippen molar-refractivity contribution in [2.75, 3.05) is 15.9 Å². The smallest absolute Gasteiger partial charge is 0.307 e. The van der Waals surface area contributed by atoms with Gasteiger partial charge in [-0.05, 0) is 54.1 Å². The normalized spacial score (nSPS) is 11.5. The van der Waals surface area contributed by atoms with Crippen molar-refractivity contribution in [2.24, 2.45) is 7.05 Å². The molecule has 0 aliphatic carbocycles. The van der Waals surface area contributed by atoms with Crippen LogP contribution in [0, 0.1) is 0 Å². The molecule has 176 valence electrons. The van der Waals surface area contributed by atoms with Crippen LogP contribution in [0.2, 0.25) is 10.0 Å². The number of amides is 1. The molecule has 0 saturated heterocycles. The highest BCUT2D eigenvalue weighted by Crippen LogP contribution is 2.28. The summed E-state index contributed by atoms with van der Waals surface area (Å²) >= 11 is 13.2. The topological polar surface area (TPSA) is 88.5 Å². The SMILES string of the molecule is Cn1c(=O)sc2cc(NC(=O)c3ccc(CN(c4cc(Cl)cc(Cl)c4)S(C)(=O)=O)cc3)ccc21. The summed E-state index contributed by atoms with van der Waals surface area (Å²) in [5.41, 5.74) is 2.80. The predicted molar refractivity (Wildman–Crippen MR) is 139 cm³/mol. The van der Waals surface area contributed by atoms with Gasteiger partial charge in [-0.3, -0.25) is 13.9 Å². The van der Waals surface area contributed by atoms with Crippen LogP contribution in [0.15, 0.2) is 65.5 Å². The van der Waals surface area contributed by atoms with Crippen molar-refractivity contribution in [3.8, 4) is 0 Å². The molecule has 0 atom stereocenters. The number of rotatable bonds is 6. The molecule has 0 spiro atoms. The lowest BCUT2D eigenvalue weighted by Crippen LogP contribution is -2.29. The third kappa shape index (κ3) is 5.28. The predicted octanol–water partition coefficient (Wildman–Crippen LogP) is 5.13. The van der Waals surface area contributed by atoms with Gasteiger partial charge < -0.3 is 9.88 Å². The number of halogens is 2. The van der Waals surface area contributed by atoms with Crippen molar-refractivity contribution in [3.05, 3.63) is 91.5 Å². The van der Waals surface area contributed by atoms with Crippen LogP contribution in [-0.4, -0.2) is 25.1 Å². The third-order valence-corrected chi connectivity index (χ3v) is 7.70. The average Bonchev–Trinajstić information content (AvgIpc) is 3.03. The van der Waals surface area contributed by atoms with E-state index in [1.165, 1.54) is 22.5 Å². The molecule has 1 heterocycles. The minimum absolute atomic E-state index is 0.0427. The Bertz CT molecular complexity index is 1540. The largest absolute Gasteiger partial charge is 0.322 e. The number of nitrogens with one attached hydrogen (secondary N) is 1. The van der Waals surface area contributed by atoms with Gasteiger partial charge >= 0.3 is 4.87 Å². The van der Waals surface area contributed by atoms with E-state index in [1.807, 2.05) is 0 Å². The fourth-order valence-electron chi connectivity index (χ4n) is 3.43. The van der Waals surface area contributed by atoms with Crippen molar-refractivity contribution in [1.82, 2.24) is 4.57 Å². The summed E-state index contributed by atoms with van der Waals surface area (Å²) in [6.07, 6.45) is 1.10. The molecule has 4 rings (SSSR count). The lowest BCUT2D eigenvalue weighted by atomic mass is 10.1. The molecule has 0 radical (unpaired) electrons. The molecule has 1 aromatic heterocycles. The standard InChI is InChI=1S/C23H19Cl2N3O4S2/c1-27-20-8-7-18(12-21(20)33-23(27)30)26-22(29)15-5-3-14(4-6-15)13-28(34(2,31)32)19-10-16(24)9-17(25)11-19/h3-12H,13H2,1-2H3,(H,26,29). The van der Waals surface area contributed by atoms with E-state index in [1.54, 1.807) is 54.1 Å². The highest BCUT2D eigenvalue weighted by molar-refractivity contribution is 7.92. The lowest BCUT2D eigenvalue weighted by molar-refractivity contribution is 0.102. The number of benzene rings is 3.